The maximum Gasteiger partial charge on any atom is 0.145 e. The van der Waals surface area contributed by atoms with Gasteiger partial charge in [0.2, 0.25) is 0 Å². The standard InChI is InChI=1S/C17H18N4O/c1-2-22-16-11-7-6-10-15(16)21-17(14(12-18)19-20-21)13-8-4-3-5-9-13/h3-11H,2,12,18H2,1H3. The first-order chi connectivity index (χ1) is 10.8. The van der Waals surface area contributed by atoms with Gasteiger partial charge in [-0.15, -0.1) is 5.10 Å². The molecule has 0 saturated carbocycles. The molecule has 1 aromatic heterocycles. The van der Waals surface area contributed by atoms with Crippen LogP contribution in [0.25, 0.3) is 16.9 Å². The summed E-state index contributed by atoms with van der Waals surface area (Å²) >= 11 is 0. The third-order valence-electron chi connectivity index (χ3n) is 3.37. The molecular weight excluding hydrogens is 276 g/mol. The van der Waals surface area contributed by atoms with Gasteiger partial charge in [0.05, 0.1) is 12.3 Å². The lowest BCUT2D eigenvalue weighted by atomic mass is 10.1. The molecule has 0 spiro atoms. The van der Waals surface area contributed by atoms with Crippen LogP contribution in [0.4, 0.5) is 0 Å². The molecule has 0 amide bonds. The van der Waals surface area contributed by atoms with Gasteiger partial charge in [-0.2, -0.15) is 0 Å². The number of hydrogen-bond acceptors (Lipinski definition) is 4. The van der Waals surface area contributed by atoms with E-state index < -0.39 is 0 Å². The van der Waals surface area contributed by atoms with Crippen LogP contribution in [-0.4, -0.2) is 21.6 Å². The van der Waals surface area contributed by atoms with Gasteiger partial charge in [-0.3, -0.25) is 0 Å². The Morgan fingerprint density at radius 2 is 1.77 bits per heavy atom. The topological polar surface area (TPSA) is 66.0 Å². The molecule has 112 valence electrons. The molecule has 0 aliphatic heterocycles. The Labute approximate surface area is 129 Å². The second-order valence-corrected chi connectivity index (χ2v) is 4.77. The summed E-state index contributed by atoms with van der Waals surface area (Å²) in [7, 11) is 0. The van der Waals surface area contributed by atoms with Crippen molar-refractivity contribution in [1.29, 1.82) is 0 Å². The molecule has 3 aromatic rings. The Kier molecular flexibility index (Phi) is 4.16. The van der Waals surface area contributed by atoms with E-state index in [9.17, 15) is 0 Å². The summed E-state index contributed by atoms with van der Waals surface area (Å²) in [5.41, 5.74) is 9.37. The smallest absolute Gasteiger partial charge is 0.145 e. The lowest BCUT2D eigenvalue weighted by Gasteiger charge is -2.12. The average Bonchev–Trinajstić information content (AvgIpc) is 3.00. The number of aromatic nitrogens is 3. The summed E-state index contributed by atoms with van der Waals surface area (Å²) in [5, 5.41) is 8.50. The summed E-state index contributed by atoms with van der Waals surface area (Å²) in [4.78, 5) is 0. The molecule has 1 heterocycles. The van der Waals surface area contributed by atoms with E-state index >= 15 is 0 Å². The lowest BCUT2D eigenvalue weighted by Crippen LogP contribution is -2.05. The van der Waals surface area contributed by atoms with Crippen LogP contribution in [0, 0.1) is 0 Å². The molecule has 0 aliphatic rings. The first-order valence-corrected chi connectivity index (χ1v) is 7.27. The number of benzene rings is 2. The Morgan fingerprint density at radius 1 is 1.05 bits per heavy atom. The van der Waals surface area contributed by atoms with E-state index in [0.717, 1.165) is 28.4 Å². The van der Waals surface area contributed by atoms with Crippen molar-refractivity contribution >= 4 is 0 Å². The number of hydrogen-bond donors (Lipinski definition) is 1. The van der Waals surface area contributed by atoms with E-state index in [0.29, 0.717) is 13.2 Å². The van der Waals surface area contributed by atoms with Gasteiger partial charge in [0.15, 0.2) is 0 Å². The maximum absolute atomic E-state index is 5.83. The van der Waals surface area contributed by atoms with Crippen LogP contribution in [0.3, 0.4) is 0 Å². The summed E-state index contributed by atoms with van der Waals surface area (Å²) in [6.07, 6.45) is 0. The van der Waals surface area contributed by atoms with Crippen molar-refractivity contribution in [2.45, 2.75) is 13.5 Å². The Hall–Kier alpha value is -2.66. The highest BCUT2D eigenvalue weighted by Crippen LogP contribution is 2.29. The van der Waals surface area contributed by atoms with E-state index in [-0.39, 0.29) is 0 Å². The molecule has 22 heavy (non-hydrogen) atoms. The molecule has 0 fully saturated rings. The lowest BCUT2D eigenvalue weighted by molar-refractivity contribution is 0.338. The fourth-order valence-electron chi connectivity index (χ4n) is 2.41. The second kappa shape index (κ2) is 6.41. The molecule has 0 saturated heterocycles. The molecule has 0 atom stereocenters. The zero-order valence-electron chi connectivity index (χ0n) is 12.4. The molecule has 2 aromatic carbocycles. The van der Waals surface area contributed by atoms with Crippen LogP contribution >= 0.6 is 0 Å². The highest BCUT2D eigenvalue weighted by atomic mass is 16.5. The molecule has 2 N–H and O–H groups in total. The van der Waals surface area contributed by atoms with Gasteiger partial charge in [0.25, 0.3) is 0 Å². The van der Waals surface area contributed by atoms with E-state index in [4.69, 9.17) is 10.5 Å². The van der Waals surface area contributed by atoms with Crippen molar-refractivity contribution in [2.24, 2.45) is 5.73 Å². The molecule has 3 rings (SSSR count). The molecule has 0 bridgehead atoms. The van der Waals surface area contributed by atoms with Gasteiger partial charge in [0.1, 0.15) is 17.1 Å². The summed E-state index contributed by atoms with van der Waals surface area (Å²) < 4.78 is 7.50. The fraction of sp³-hybridized carbons (Fsp3) is 0.176. The van der Waals surface area contributed by atoms with E-state index in [2.05, 4.69) is 10.3 Å². The Morgan fingerprint density at radius 3 is 2.50 bits per heavy atom. The summed E-state index contributed by atoms with van der Waals surface area (Å²) in [6.45, 7) is 2.89. The van der Waals surface area contributed by atoms with Crippen LogP contribution in [0.5, 0.6) is 5.75 Å². The van der Waals surface area contributed by atoms with Crippen molar-refractivity contribution < 1.29 is 4.74 Å². The van der Waals surface area contributed by atoms with Crippen LogP contribution in [0.15, 0.2) is 54.6 Å². The predicted molar refractivity (Wildman–Crippen MR) is 85.9 cm³/mol. The minimum absolute atomic E-state index is 0.334. The van der Waals surface area contributed by atoms with E-state index in [1.54, 1.807) is 4.68 Å². The van der Waals surface area contributed by atoms with Crippen molar-refractivity contribution in [3.63, 3.8) is 0 Å². The second-order valence-electron chi connectivity index (χ2n) is 4.77. The first-order valence-electron chi connectivity index (χ1n) is 7.27. The number of ether oxygens (including phenoxy) is 1. The Balaban J connectivity index is 2.19. The van der Waals surface area contributed by atoms with Crippen molar-refractivity contribution in [3.8, 4) is 22.7 Å². The number of nitrogens with zero attached hydrogens (tertiary/aromatic N) is 3. The first kappa shape index (κ1) is 14.3. The highest BCUT2D eigenvalue weighted by molar-refractivity contribution is 5.65. The zero-order valence-corrected chi connectivity index (χ0v) is 12.4. The molecule has 5 nitrogen and oxygen atoms in total. The van der Waals surface area contributed by atoms with E-state index in [1.807, 2.05) is 61.5 Å². The molecular formula is C17H18N4O. The monoisotopic (exact) mass is 294 g/mol. The minimum Gasteiger partial charge on any atom is -0.492 e. The van der Waals surface area contributed by atoms with Crippen LogP contribution in [-0.2, 0) is 6.54 Å². The molecule has 0 radical (unpaired) electrons. The molecule has 0 aliphatic carbocycles. The average molecular weight is 294 g/mol. The van der Waals surface area contributed by atoms with Gasteiger partial charge in [-0.05, 0) is 19.1 Å². The molecule has 5 heteroatoms. The van der Waals surface area contributed by atoms with Gasteiger partial charge in [-0.1, -0.05) is 47.7 Å². The number of nitrogens with two attached hydrogens (primary N) is 1. The van der Waals surface area contributed by atoms with Crippen molar-refractivity contribution in [2.75, 3.05) is 6.61 Å². The van der Waals surface area contributed by atoms with Gasteiger partial charge >= 0.3 is 0 Å². The summed E-state index contributed by atoms with van der Waals surface area (Å²) in [5.74, 6) is 0.774. The third kappa shape index (κ3) is 2.58. The predicted octanol–water partition coefficient (Wildman–Crippen LogP) is 2.79. The van der Waals surface area contributed by atoms with Crippen LogP contribution in [0.2, 0.25) is 0 Å². The van der Waals surface area contributed by atoms with Crippen molar-refractivity contribution in [1.82, 2.24) is 15.0 Å². The summed E-state index contributed by atoms with van der Waals surface area (Å²) in [6, 6.07) is 17.8. The maximum atomic E-state index is 5.83. The van der Waals surface area contributed by atoms with Gasteiger partial charge in [-0.25, -0.2) is 4.68 Å². The zero-order chi connectivity index (χ0) is 15.4. The number of para-hydroxylation sites is 2. The normalized spacial score (nSPS) is 10.6. The van der Waals surface area contributed by atoms with E-state index in [1.165, 1.54) is 0 Å². The third-order valence-corrected chi connectivity index (χ3v) is 3.37. The Bertz CT molecular complexity index is 752. The van der Waals surface area contributed by atoms with Crippen molar-refractivity contribution in [3.05, 3.63) is 60.3 Å². The van der Waals surface area contributed by atoms with Gasteiger partial charge in [0, 0.05) is 12.1 Å². The molecule has 0 unspecified atom stereocenters. The van der Waals surface area contributed by atoms with Crippen LogP contribution < -0.4 is 10.5 Å². The SMILES string of the molecule is CCOc1ccccc1-n1nnc(CN)c1-c1ccccc1. The fourth-order valence-corrected chi connectivity index (χ4v) is 2.41. The number of rotatable bonds is 5. The quantitative estimate of drug-likeness (QED) is 0.786. The highest BCUT2D eigenvalue weighted by Gasteiger charge is 2.17. The minimum atomic E-state index is 0.334. The van der Waals surface area contributed by atoms with Crippen LogP contribution in [0.1, 0.15) is 12.6 Å². The van der Waals surface area contributed by atoms with Gasteiger partial charge < -0.3 is 10.5 Å². The largest absolute Gasteiger partial charge is 0.492 e.